The van der Waals surface area contributed by atoms with Crippen LogP contribution in [0, 0.1) is 0 Å². The zero-order valence-electron chi connectivity index (χ0n) is 19.7. The molecule has 0 spiro atoms. The number of aliphatic carboxylic acids is 1. The highest BCUT2D eigenvalue weighted by Crippen LogP contribution is 2.33. The largest absolute Gasteiger partial charge is 0.481 e. The fourth-order valence-electron chi connectivity index (χ4n) is 4.30. The molecule has 35 heavy (non-hydrogen) atoms. The SMILES string of the molecule is COc1nc(OCc2cccc(-c3ccccc3)c2Cl)nc(OC)c1CN1CCCC[C@H]1C(=O)O. The number of ether oxygens (including phenoxy) is 3. The van der Waals surface area contributed by atoms with E-state index in [0.717, 1.165) is 29.5 Å². The number of carboxylic acid groups (broad SMARTS) is 1. The lowest BCUT2D eigenvalue weighted by atomic mass is 10.0. The van der Waals surface area contributed by atoms with Gasteiger partial charge >= 0.3 is 12.0 Å². The van der Waals surface area contributed by atoms with E-state index >= 15 is 0 Å². The van der Waals surface area contributed by atoms with Crippen molar-refractivity contribution in [2.24, 2.45) is 0 Å². The van der Waals surface area contributed by atoms with Crippen molar-refractivity contribution in [2.75, 3.05) is 20.8 Å². The van der Waals surface area contributed by atoms with Crippen molar-refractivity contribution in [3.63, 3.8) is 0 Å². The molecule has 1 saturated heterocycles. The van der Waals surface area contributed by atoms with E-state index in [1.54, 1.807) is 0 Å². The van der Waals surface area contributed by atoms with Crippen LogP contribution in [0.5, 0.6) is 17.8 Å². The van der Waals surface area contributed by atoms with Gasteiger partial charge in [-0.3, -0.25) is 9.69 Å². The van der Waals surface area contributed by atoms with Crippen molar-refractivity contribution in [3.8, 4) is 28.9 Å². The molecule has 0 bridgehead atoms. The van der Waals surface area contributed by atoms with Gasteiger partial charge in [-0.1, -0.05) is 66.6 Å². The summed E-state index contributed by atoms with van der Waals surface area (Å²) in [4.78, 5) is 22.4. The Morgan fingerprint density at radius 2 is 1.77 bits per heavy atom. The number of nitrogens with zero attached hydrogens (tertiary/aromatic N) is 3. The Hall–Kier alpha value is -3.36. The van der Waals surface area contributed by atoms with Gasteiger partial charge in [0, 0.05) is 17.7 Å². The molecule has 9 heteroatoms. The molecule has 1 fully saturated rings. The number of halogens is 1. The average molecular weight is 498 g/mol. The molecule has 0 unspecified atom stereocenters. The molecule has 1 atom stereocenters. The second-order valence-corrected chi connectivity index (χ2v) is 8.63. The molecular weight excluding hydrogens is 470 g/mol. The van der Waals surface area contributed by atoms with Gasteiger partial charge in [0.15, 0.2) is 0 Å². The Bertz CT molecular complexity index is 1150. The first kappa shape index (κ1) is 24.8. The minimum absolute atomic E-state index is 0.0806. The lowest BCUT2D eigenvalue weighted by molar-refractivity contribution is -0.144. The second kappa shape index (κ2) is 11.4. The Morgan fingerprint density at radius 3 is 2.43 bits per heavy atom. The Balaban J connectivity index is 1.55. The lowest BCUT2D eigenvalue weighted by Crippen LogP contribution is -2.44. The maximum atomic E-state index is 11.7. The van der Waals surface area contributed by atoms with Crippen molar-refractivity contribution >= 4 is 17.6 Å². The van der Waals surface area contributed by atoms with Gasteiger partial charge in [-0.2, -0.15) is 9.97 Å². The maximum absolute atomic E-state index is 11.7. The Kier molecular flexibility index (Phi) is 8.05. The molecule has 2 heterocycles. The number of likely N-dealkylation sites (tertiary alicyclic amines) is 1. The molecule has 1 aliphatic rings. The summed E-state index contributed by atoms with van der Waals surface area (Å²) >= 11 is 6.68. The summed E-state index contributed by atoms with van der Waals surface area (Å²) in [6.07, 6.45) is 2.42. The third-order valence-corrected chi connectivity index (χ3v) is 6.52. The van der Waals surface area contributed by atoms with Crippen molar-refractivity contribution < 1.29 is 24.1 Å². The van der Waals surface area contributed by atoms with Gasteiger partial charge < -0.3 is 19.3 Å². The summed E-state index contributed by atoms with van der Waals surface area (Å²) < 4.78 is 16.9. The number of hydrogen-bond donors (Lipinski definition) is 1. The van der Waals surface area contributed by atoms with Crippen molar-refractivity contribution in [1.82, 2.24) is 14.9 Å². The molecule has 1 aromatic heterocycles. The zero-order chi connectivity index (χ0) is 24.8. The summed E-state index contributed by atoms with van der Waals surface area (Å²) in [7, 11) is 3.00. The van der Waals surface area contributed by atoms with Gasteiger partial charge in [0.1, 0.15) is 12.6 Å². The Morgan fingerprint density at radius 1 is 1.06 bits per heavy atom. The van der Waals surface area contributed by atoms with Crippen molar-refractivity contribution in [3.05, 3.63) is 64.7 Å². The van der Waals surface area contributed by atoms with E-state index in [-0.39, 0.29) is 24.4 Å². The highest BCUT2D eigenvalue weighted by Gasteiger charge is 2.31. The number of benzene rings is 2. The molecular formula is C26H28ClN3O5. The number of piperidine rings is 1. The summed E-state index contributed by atoms with van der Waals surface area (Å²) in [6, 6.07) is 15.2. The molecule has 0 amide bonds. The van der Waals surface area contributed by atoms with Crippen LogP contribution in [-0.4, -0.2) is 52.7 Å². The van der Waals surface area contributed by atoms with Crippen LogP contribution in [0.15, 0.2) is 48.5 Å². The number of aromatic nitrogens is 2. The standard InChI is InChI=1S/C26H28ClN3O5/c1-33-23-20(15-30-14-7-6-13-21(30)25(31)32)24(34-2)29-26(28-23)35-16-18-11-8-12-19(22(18)27)17-9-4-3-5-10-17/h3-5,8-12,21H,6-7,13-16H2,1-2H3,(H,31,32)/t21-/m0/s1. The summed E-state index contributed by atoms with van der Waals surface area (Å²) in [5.74, 6) is -0.269. The third-order valence-electron chi connectivity index (χ3n) is 6.08. The van der Waals surface area contributed by atoms with Crippen LogP contribution in [0.2, 0.25) is 5.02 Å². The lowest BCUT2D eigenvalue weighted by Gasteiger charge is -2.33. The van der Waals surface area contributed by atoms with Crippen molar-refractivity contribution in [2.45, 2.75) is 38.5 Å². The van der Waals surface area contributed by atoms with Gasteiger partial charge in [-0.05, 0) is 24.9 Å². The first-order valence-corrected chi connectivity index (χ1v) is 11.8. The molecule has 0 saturated carbocycles. The first-order valence-electron chi connectivity index (χ1n) is 11.4. The smallest absolute Gasteiger partial charge is 0.323 e. The highest BCUT2D eigenvalue weighted by molar-refractivity contribution is 6.34. The van der Waals surface area contributed by atoms with Crippen LogP contribution in [-0.2, 0) is 17.9 Å². The van der Waals surface area contributed by atoms with Crippen LogP contribution in [0.4, 0.5) is 0 Å². The normalized spacial score (nSPS) is 16.0. The number of rotatable bonds is 9. The van der Waals surface area contributed by atoms with Crippen LogP contribution in [0.25, 0.3) is 11.1 Å². The number of hydrogen-bond acceptors (Lipinski definition) is 7. The van der Waals surface area contributed by atoms with Crippen LogP contribution in [0.3, 0.4) is 0 Å². The molecule has 8 nitrogen and oxygen atoms in total. The van der Waals surface area contributed by atoms with E-state index in [4.69, 9.17) is 25.8 Å². The molecule has 1 aliphatic heterocycles. The minimum atomic E-state index is -0.835. The van der Waals surface area contributed by atoms with Gasteiger partial charge in [0.2, 0.25) is 11.8 Å². The topological polar surface area (TPSA) is 94.0 Å². The van der Waals surface area contributed by atoms with E-state index in [1.807, 2.05) is 53.4 Å². The van der Waals surface area contributed by atoms with Crippen LogP contribution < -0.4 is 14.2 Å². The van der Waals surface area contributed by atoms with Gasteiger partial charge in [-0.15, -0.1) is 0 Å². The monoisotopic (exact) mass is 497 g/mol. The molecule has 1 N–H and O–H groups in total. The van der Waals surface area contributed by atoms with Crippen LogP contribution >= 0.6 is 11.6 Å². The molecule has 0 aliphatic carbocycles. The van der Waals surface area contributed by atoms with E-state index in [2.05, 4.69) is 9.97 Å². The van der Waals surface area contributed by atoms with Gasteiger partial charge in [0.25, 0.3) is 0 Å². The molecule has 2 aromatic carbocycles. The molecule has 4 rings (SSSR count). The molecule has 3 aromatic rings. The first-order chi connectivity index (χ1) is 17.0. The number of carbonyl (C=O) groups is 1. The Labute approximate surface area is 209 Å². The van der Waals surface area contributed by atoms with E-state index in [0.29, 0.717) is 30.1 Å². The van der Waals surface area contributed by atoms with Gasteiger partial charge in [0.05, 0.1) is 24.8 Å². The van der Waals surface area contributed by atoms with Crippen LogP contribution in [0.1, 0.15) is 30.4 Å². The summed E-state index contributed by atoms with van der Waals surface area (Å²) in [5, 5.41) is 10.2. The fourth-order valence-corrected chi connectivity index (χ4v) is 4.59. The van der Waals surface area contributed by atoms with E-state index < -0.39 is 12.0 Å². The third kappa shape index (κ3) is 5.66. The number of methoxy groups -OCH3 is 2. The van der Waals surface area contributed by atoms with E-state index in [9.17, 15) is 9.90 Å². The fraction of sp³-hybridized carbons (Fsp3) is 0.346. The predicted octanol–water partition coefficient (Wildman–Crippen LogP) is 4.83. The quantitative estimate of drug-likeness (QED) is 0.449. The summed E-state index contributed by atoms with van der Waals surface area (Å²) in [5.41, 5.74) is 3.30. The van der Waals surface area contributed by atoms with Crippen molar-refractivity contribution in [1.29, 1.82) is 0 Å². The van der Waals surface area contributed by atoms with Gasteiger partial charge in [-0.25, -0.2) is 0 Å². The highest BCUT2D eigenvalue weighted by atomic mass is 35.5. The second-order valence-electron chi connectivity index (χ2n) is 8.26. The molecule has 184 valence electrons. The maximum Gasteiger partial charge on any atom is 0.323 e. The molecule has 0 radical (unpaired) electrons. The van der Waals surface area contributed by atoms with E-state index in [1.165, 1.54) is 14.2 Å². The predicted molar refractivity (Wildman–Crippen MR) is 132 cm³/mol. The number of carboxylic acids is 1. The summed E-state index contributed by atoms with van der Waals surface area (Å²) in [6.45, 7) is 1.12. The zero-order valence-corrected chi connectivity index (χ0v) is 20.5. The minimum Gasteiger partial charge on any atom is -0.481 e. The average Bonchev–Trinajstić information content (AvgIpc) is 2.89.